The fourth-order valence-corrected chi connectivity index (χ4v) is 6.34. The molecule has 3 heterocycles. The molecule has 2 nitrogen and oxygen atoms in total. The molecular weight excluding hydrogens is 302 g/mol. The predicted molar refractivity (Wildman–Crippen MR) is 96.3 cm³/mol. The first-order valence-electron chi connectivity index (χ1n) is 8.58. The molecule has 0 bridgehead atoms. The van der Waals surface area contributed by atoms with Gasteiger partial charge < -0.3 is 9.32 Å². The molecule has 118 valence electrons. The Morgan fingerprint density at radius 2 is 1.96 bits per heavy atom. The van der Waals surface area contributed by atoms with E-state index in [0.29, 0.717) is 6.04 Å². The first kappa shape index (κ1) is 13.7. The Morgan fingerprint density at radius 3 is 2.74 bits per heavy atom. The van der Waals surface area contributed by atoms with Crippen molar-refractivity contribution in [2.24, 2.45) is 0 Å². The van der Waals surface area contributed by atoms with Gasteiger partial charge in [-0.3, -0.25) is 0 Å². The van der Waals surface area contributed by atoms with Crippen molar-refractivity contribution in [3.05, 3.63) is 52.6 Å². The lowest BCUT2D eigenvalue weighted by atomic mass is 9.94. The number of rotatable bonds is 1. The Labute approximate surface area is 140 Å². The van der Waals surface area contributed by atoms with Crippen molar-refractivity contribution >= 4 is 27.3 Å². The van der Waals surface area contributed by atoms with Crippen LogP contribution in [-0.4, -0.2) is 0 Å². The summed E-state index contributed by atoms with van der Waals surface area (Å²) in [5.41, 5.74) is 5.52. The number of nitrogens with zero attached hydrogens (tertiary/aromatic N) is 1. The van der Waals surface area contributed by atoms with Gasteiger partial charge in [-0.1, -0.05) is 31.0 Å². The number of fused-ring (bicyclic) bond motifs is 4. The second-order valence-corrected chi connectivity index (χ2v) is 8.08. The minimum atomic E-state index is 0.188. The van der Waals surface area contributed by atoms with Crippen molar-refractivity contribution in [3.8, 4) is 0 Å². The molecule has 23 heavy (non-hydrogen) atoms. The molecule has 1 aromatic carbocycles. The molecule has 1 saturated carbocycles. The van der Waals surface area contributed by atoms with E-state index < -0.39 is 0 Å². The van der Waals surface area contributed by atoms with E-state index in [4.69, 9.17) is 4.42 Å². The smallest absolute Gasteiger partial charge is 0.150 e. The molecule has 3 heteroatoms. The zero-order valence-corrected chi connectivity index (χ0v) is 14.5. The van der Waals surface area contributed by atoms with Crippen LogP contribution in [0.25, 0.3) is 10.3 Å². The third-order valence-electron chi connectivity index (χ3n) is 5.82. The number of para-hydroxylation sites is 1. The highest BCUT2D eigenvalue weighted by atomic mass is 32.1. The van der Waals surface area contributed by atoms with Crippen LogP contribution in [0, 0.1) is 6.92 Å². The summed E-state index contributed by atoms with van der Waals surface area (Å²) in [6.45, 7) is 4.59. The third-order valence-corrected chi connectivity index (χ3v) is 7.17. The number of aryl methyl sites for hydroxylation is 1. The van der Waals surface area contributed by atoms with Gasteiger partial charge in [0.15, 0.2) is 0 Å². The second-order valence-electron chi connectivity index (χ2n) is 7.03. The Bertz CT molecular complexity index is 884. The highest BCUT2D eigenvalue weighted by Gasteiger charge is 2.53. The van der Waals surface area contributed by atoms with E-state index in [1.165, 1.54) is 47.2 Å². The quantitative estimate of drug-likeness (QED) is 0.534. The van der Waals surface area contributed by atoms with Gasteiger partial charge in [0, 0.05) is 16.1 Å². The van der Waals surface area contributed by atoms with Crippen LogP contribution in [0.5, 0.6) is 0 Å². The molecule has 1 aliphatic heterocycles. The van der Waals surface area contributed by atoms with Crippen LogP contribution in [0.15, 0.2) is 41.0 Å². The van der Waals surface area contributed by atoms with Gasteiger partial charge in [0.1, 0.15) is 5.58 Å². The van der Waals surface area contributed by atoms with Gasteiger partial charge in [-0.2, -0.15) is 0 Å². The van der Waals surface area contributed by atoms with Crippen LogP contribution in [-0.2, 0) is 5.54 Å². The number of benzene rings is 1. The fourth-order valence-electron chi connectivity index (χ4n) is 4.88. The Balaban J connectivity index is 1.78. The summed E-state index contributed by atoms with van der Waals surface area (Å²) >= 11 is 1.96. The van der Waals surface area contributed by atoms with Crippen molar-refractivity contribution in [3.63, 3.8) is 0 Å². The summed E-state index contributed by atoms with van der Waals surface area (Å²) in [6.07, 6.45) is 7.02. The Morgan fingerprint density at radius 1 is 1.17 bits per heavy atom. The zero-order valence-electron chi connectivity index (χ0n) is 13.6. The van der Waals surface area contributed by atoms with Gasteiger partial charge in [0.2, 0.25) is 0 Å². The van der Waals surface area contributed by atoms with Crippen molar-refractivity contribution in [2.45, 2.75) is 51.1 Å². The standard InChI is InChI=1S/C20H21NOS/c1-13-7-3-4-8-15(13)21-14(2)17-18-16(9-12-22-18)23-19(17)20(21)10-5-6-11-20/h3-4,7-9,12,14H,5-6,10-11H2,1-2H3. The maximum Gasteiger partial charge on any atom is 0.150 e. The van der Waals surface area contributed by atoms with Crippen LogP contribution >= 0.6 is 11.3 Å². The van der Waals surface area contributed by atoms with Gasteiger partial charge in [0.05, 0.1) is 22.5 Å². The molecule has 1 spiro atoms. The van der Waals surface area contributed by atoms with Crippen molar-refractivity contribution in [1.82, 2.24) is 0 Å². The molecule has 0 radical (unpaired) electrons. The largest absolute Gasteiger partial charge is 0.463 e. The molecule has 0 amide bonds. The number of furan rings is 1. The molecule has 0 saturated heterocycles. The van der Waals surface area contributed by atoms with Crippen molar-refractivity contribution < 1.29 is 4.42 Å². The highest BCUT2D eigenvalue weighted by Crippen LogP contribution is 2.60. The third kappa shape index (κ3) is 1.64. The van der Waals surface area contributed by atoms with Gasteiger partial charge in [-0.15, -0.1) is 11.3 Å². The van der Waals surface area contributed by atoms with Crippen molar-refractivity contribution in [1.29, 1.82) is 0 Å². The summed E-state index contributed by atoms with van der Waals surface area (Å²) in [5, 5.41) is 0. The molecule has 2 aliphatic rings. The lowest BCUT2D eigenvalue weighted by Gasteiger charge is -2.41. The number of hydrogen-bond acceptors (Lipinski definition) is 3. The molecular formula is C20H21NOS. The van der Waals surface area contributed by atoms with Gasteiger partial charge >= 0.3 is 0 Å². The van der Waals surface area contributed by atoms with Crippen LogP contribution in [0.4, 0.5) is 5.69 Å². The second kappa shape index (κ2) is 4.64. The molecule has 1 fully saturated rings. The van der Waals surface area contributed by atoms with E-state index in [0.717, 1.165) is 5.58 Å². The minimum Gasteiger partial charge on any atom is -0.463 e. The average molecular weight is 323 g/mol. The van der Waals surface area contributed by atoms with E-state index in [9.17, 15) is 0 Å². The average Bonchev–Trinajstić information content (AvgIpc) is 3.26. The monoisotopic (exact) mass is 323 g/mol. The molecule has 1 aliphatic carbocycles. The van der Waals surface area contributed by atoms with Gasteiger partial charge in [-0.25, -0.2) is 0 Å². The Hall–Kier alpha value is -1.74. The molecule has 2 aromatic heterocycles. The Kier molecular flexibility index (Phi) is 2.76. The lowest BCUT2D eigenvalue weighted by Crippen LogP contribution is -2.40. The molecule has 1 unspecified atom stereocenters. The molecule has 5 rings (SSSR count). The van der Waals surface area contributed by atoms with E-state index >= 15 is 0 Å². The summed E-state index contributed by atoms with van der Waals surface area (Å²) in [6, 6.07) is 11.4. The van der Waals surface area contributed by atoms with E-state index in [2.05, 4.69) is 49.1 Å². The molecule has 3 aromatic rings. The van der Waals surface area contributed by atoms with Crippen LogP contribution in [0.1, 0.15) is 54.7 Å². The maximum atomic E-state index is 5.87. The summed E-state index contributed by atoms with van der Waals surface area (Å²) in [7, 11) is 0. The fraction of sp³-hybridized carbons (Fsp3) is 0.400. The molecule has 1 atom stereocenters. The van der Waals surface area contributed by atoms with Crippen LogP contribution in [0.3, 0.4) is 0 Å². The van der Waals surface area contributed by atoms with Gasteiger partial charge in [0.25, 0.3) is 0 Å². The maximum absolute atomic E-state index is 5.87. The van der Waals surface area contributed by atoms with Gasteiger partial charge in [-0.05, 0) is 44.4 Å². The zero-order chi connectivity index (χ0) is 15.6. The highest BCUT2D eigenvalue weighted by molar-refractivity contribution is 7.19. The molecule has 0 N–H and O–H groups in total. The number of hydrogen-bond donors (Lipinski definition) is 0. The first-order chi connectivity index (χ1) is 11.2. The topological polar surface area (TPSA) is 16.4 Å². The van der Waals surface area contributed by atoms with E-state index in [1.807, 2.05) is 17.6 Å². The number of thiophene rings is 1. The number of anilines is 1. The summed E-state index contributed by atoms with van der Waals surface area (Å²) in [5.74, 6) is 0. The predicted octanol–water partition coefficient (Wildman–Crippen LogP) is 6.15. The lowest BCUT2D eigenvalue weighted by molar-refractivity contribution is 0.421. The summed E-state index contributed by atoms with van der Waals surface area (Å²) < 4.78 is 7.19. The van der Waals surface area contributed by atoms with Crippen LogP contribution < -0.4 is 4.90 Å². The van der Waals surface area contributed by atoms with Crippen LogP contribution in [0.2, 0.25) is 0 Å². The van der Waals surface area contributed by atoms with E-state index in [-0.39, 0.29) is 5.54 Å². The summed E-state index contributed by atoms with van der Waals surface area (Å²) in [4.78, 5) is 4.28. The first-order valence-corrected chi connectivity index (χ1v) is 9.39. The normalized spacial score (nSPS) is 22.3. The SMILES string of the molecule is Cc1ccccc1N1C(C)c2c(sc3ccoc23)C12CCCC2. The minimum absolute atomic E-state index is 0.188. The van der Waals surface area contributed by atoms with E-state index in [1.54, 1.807) is 4.88 Å². The van der Waals surface area contributed by atoms with Crippen molar-refractivity contribution in [2.75, 3.05) is 4.90 Å².